The number of ether oxygens (including phenoxy) is 1. The summed E-state index contributed by atoms with van der Waals surface area (Å²) in [7, 11) is 1.58. The minimum atomic E-state index is -0.205. The van der Waals surface area contributed by atoms with Crippen LogP contribution in [-0.4, -0.2) is 23.8 Å². The average molecular weight is 409 g/mol. The number of hydrogen-bond donors (Lipinski definition) is 1. The lowest BCUT2D eigenvalue weighted by atomic mass is 10.1. The zero-order chi connectivity index (χ0) is 20.6. The first-order valence-corrected chi connectivity index (χ1v) is 10.4. The molecule has 2 aromatic carbocycles. The monoisotopic (exact) mass is 408 g/mol. The number of carbonyl (C=O) groups is 2. The van der Waals surface area contributed by atoms with Crippen molar-refractivity contribution in [2.24, 2.45) is 0 Å². The van der Waals surface area contributed by atoms with Gasteiger partial charge in [-0.3, -0.25) is 9.59 Å². The fourth-order valence-electron chi connectivity index (χ4n) is 2.95. The Kier molecular flexibility index (Phi) is 7.14. The number of methoxy groups -OCH3 is 1. The molecule has 0 aliphatic rings. The highest BCUT2D eigenvalue weighted by molar-refractivity contribution is 7.16. The van der Waals surface area contributed by atoms with Gasteiger partial charge < -0.3 is 10.1 Å². The molecule has 29 heavy (non-hydrogen) atoms. The molecule has 0 fully saturated rings. The normalized spacial score (nSPS) is 10.6. The van der Waals surface area contributed by atoms with Crippen LogP contribution in [0.4, 0.5) is 5.13 Å². The summed E-state index contributed by atoms with van der Waals surface area (Å²) in [5.41, 5.74) is 2.54. The van der Waals surface area contributed by atoms with Crippen molar-refractivity contribution in [1.29, 1.82) is 0 Å². The van der Waals surface area contributed by atoms with Crippen LogP contribution in [0.5, 0.6) is 5.75 Å². The van der Waals surface area contributed by atoms with Crippen LogP contribution in [0, 0.1) is 0 Å². The molecule has 0 saturated carbocycles. The standard InChI is InChI=1S/C23H24N2O3S/c1-3-7-20-22(17-8-5-4-6-9-17)25-23(29-20)24-21(27)15-14-19(26)16-10-12-18(28-2)13-11-16/h4-6,8-13H,3,7,14-15H2,1-2H3,(H,24,25,27). The number of carbonyl (C=O) groups excluding carboxylic acids is 2. The zero-order valence-electron chi connectivity index (χ0n) is 16.6. The molecule has 1 amide bonds. The second kappa shape index (κ2) is 9.98. The second-order valence-electron chi connectivity index (χ2n) is 6.61. The number of benzene rings is 2. The quantitative estimate of drug-likeness (QED) is 0.483. The third-order valence-electron chi connectivity index (χ3n) is 4.46. The van der Waals surface area contributed by atoms with E-state index in [1.54, 1.807) is 31.4 Å². The lowest BCUT2D eigenvalue weighted by molar-refractivity contribution is -0.116. The van der Waals surface area contributed by atoms with E-state index in [0.29, 0.717) is 16.4 Å². The van der Waals surface area contributed by atoms with Crippen LogP contribution in [0.2, 0.25) is 0 Å². The number of Topliss-reactive ketones (excluding diaryl/α,β-unsaturated/α-hetero) is 1. The Morgan fingerprint density at radius 1 is 1.03 bits per heavy atom. The highest BCUT2D eigenvalue weighted by atomic mass is 32.1. The van der Waals surface area contributed by atoms with E-state index in [9.17, 15) is 9.59 Å². The first kappa shape index (κ1) is 20.7. The van der Waals surface area contributed by atoms with Crippen molar-refractivity contribution in [3.8, 4) is 17.0 Å². The third-order valence-corrected chi connectivity index (χ3v) is 5.49. The second-order valence-corrected chi connectivity index (χ2v) is 7.69. The summed E-state index contributed by atoms with van der Waals surface area (Å²) in [5, 5.41) is 3.43. The minimum absolute atomic E-state index is 0.0708. The van der Waals surface area contributed by atoms with Gasteiger partial charge in [-0.05, 0) is 30.7 Å². The molecule has 0 spiro atoms. The van der Waals surface area contributed by atoms with E-state index < -0.39 is 0 Å². The van der Waals surface area contributed by atoms with E-state index in [1.165, 1.54) is 11.3 Å². The molecule has 0 unspecified atom stereocenters. The van der Waals surface area contributed by atoms with E-state index in [1.807, 2.05) is 30.3 Å². The van der Waals surface area contributed by atoms with Crippen molar-refractivity contribution in [2.45, 2.75) is 32.6 Å². The number of anilines is 1. The van der Waals surface area contributed by atoms with Gasteiger partial charge in [-0.15, -0.1) is 11.3 Å². The average Bonchev–Trinajstić information content (AvgIpc) is 3.15. The Hall–Kier alpha value is -2.99. The number of nitrogens with zero attached hydrogens (tertiary/aromatic N) is 1. The van der Waals surface area contributed by atoms with Gasteiger partial charge in [-0.2, -0.15) is 0 Å². The first-order valence-electron chi connectivity index (χ1n) is 9.63. The van der Waals surface area contributed by atoms with E-state index in [4.69, 9.17) is 4.74 Å². The summed E-state index contributed by atoms with van der Waals surface area (Å²) in [6.07, 6.45) is 2.19. The molecule has 3 rings (SSSR count). The van der Waals surface area contributed by atoms with Crippen LogP contribution in [0.15, 0.2) is 54.6 Å². The van der Waals surface area contributed by atoms with E-state index in [2.05, 4.69) is 17.2 Å². The van der Waals surface area contributed by atoms with Crippen LogP contribution in [0.1, 0.15) is 41.4 Å². The van der Waals surface area contributed by atoms with Crippen LogP contribution in [0.25, 0.3) is 11.3 Å². The van der Waals surface area contributed by atoms with Gasteiger partial charge in [0.15, 0.2) is 10.9 Å². The number of amides is 1. The maximum absolute atomic E-state index is 12.3. The van der Waals surface area contributed by atoms with Crippen molar-refractivity contribution in [3.63, 3.8) is 0 Å². The van der Waals surface area contributed by atoms with Gasteiger partial charge in [0, 0.05) is 28.8 Å². The van der Waals surface area contributed by atoms with Crippen LogP contribution < -0.4 is 10.1 Å². The van der Waals surface area contributed by atoms with Gasteiger partial charge in [-0.25, -0.2) is 4.98 Å². The van der Waals surface area contributed by atoms with Gasteiger partial charge in [0.2, 0.25) is 5.91 Å². The molecule has 1 aromatic heterocycles. The molecular weight excluding hydrogens is 384 g/mol. The summed E-state index contributed by atoms with van der Waals surface area (Å²) >= 11 is 1.50. The van der Waals surface area contributed by atoms with E-state index in [-0.39, 0.29) is 24.5 Å². The minimum Gasteiger partial charge on any atom is -0.497 e. The molecule has 0 bridgehead atoms. The van der Waals surface area contributed by atoms with E-state index in [0.717, 1.165) is 29.0 Å². The van der Waals surface area contributed by atoms with Crippen molar-refractivity contribution in [2.75, 3.05) is 12.4 Å². The molecule has 1 heterocycles. The fourth-order valence-corrected chi connectivity index (χ4v) is 4.05. The lowest BCUT2D eigenvalue weighted by Gasteiger charge is -2.03. The number of aryl methyl sites for hydroxylation is 1. The first-order chi connectivity index (χ1) is 14.1. The highest BCUT2D eigenvalue weighted by Gasteiger charge is 2.15. The number of rotatable bonds is 9. The van der Waals surface area contributed by atoms with Crippen LogP contribution in [0.3, 0.4) is 0 Å². The number of ketones is 1. The molecule has 150 valence electrons. The van der Waals surface area contributed by atoms with Crippen molar-refractivity contribution >= 4 is 28.2 Å². The summed E-state index contributed by atoms with van der Waals surface area (Å²) in [6, 6.07) is 16.9. The van der Waals surface area contributed by atoms with Gasteiger partial charge in [0.1, 0.15) is 5.75 Å². The van der Waals surface area contributed by atoms with Crippen molar-refractivity contribution in [1.82, 2.24) is 4.98 Å². The summed E-state index contributed by atoms with van der Waals surface area (Å²) in [6.45, 7) is 2.12. The van der Waals surface area contributed by atoms with Crippen molar-refractivity contribution < 1.29 is 14.3 Å². The van der Waals surface area contributed by atoms with Crippen LogP contribution >= 0.6 is 11.3 Å². The lowest BCUT2D eigenvalue weighted by Crippen LogP contribution is -2.13. The number of aromatic nitrogens is 1. The highest BCUT2D eigenvalue weighted by Crippen LogP contribution is 2.32. The molecule has 0 atom stereocenters. The SMILES string of the molecule is CCCc1sc(NC(=O)CCC(=O)c2ccc(OC)cc2)nc1-c1ccccc1. The summed E-state index contributed by atoms with van der Waals surface area (Å²) in [4.78, 5) is 30.4. The van der Waals surface area contributed by atoms with E-state index >= 15 is 0 Å². The molecule has 5 nitrogen and oxygen atoms in total. The van der Waals surface area contributed by atoms with Crippen molar-refractivity contribution in [3.05, 3.63) is 65.0 Å². The predicted octanol–water partition coefficient (Wildman–Crippen LogP) is 5.37. The zero-order valence-corrected chi connectivity index (χ0v) is 17.4. The van der Waals surface area contributed by atoms with Gasteiger partial charge in [0.05, 0.1) is 12.8 Å². The Balaban J connectivity index is 1.62. The topological polar surface area (TPSA) is 68.3 Å². The number of hydrogen-bond acceptors (Lipinski definition) is 5. The molecule has 6 heteroatoms. The third kappa shape index (κ3) is 5.51. The maximum atomic E-state index is 12.3. The molecule has 3 aromatic rings. The molecule has 0 radical (unpaired) electrons. The molecule has 0 aliphatic heterocycles. The number of nitrogens with one attached hydrogen (secondary N) is 1. The molecular formula is C23H24N2O3S. The van der Waals surface area contributed by atoms with Crippen LogP contribution in [-0.2, 0) is 11.2 Å². The largest absolute Gasteiger partial charge is 0.497 e. The fraction of sp³-hybridized carbons (Fsp3) is 0.261. The van der Waals surface area contributed by atoms with Gasteiger partial charge in [0.25, 0.3) is 0 Å². The Morgan fingerprint density at radius 3 is 2.41 bits per heavy atom. The Labute approximate surface area is 174 Å². The van der Waals surface area contributed by atoms with Gasteiger partial charge >= 0.3 is 0 Å². The van der Waals surface area contributed by atoms with Gasteiger partial charge in [-0.1, -0.05) is 43.7 Å². The predicted molar refractivity (Wildman–Crippen MR) is 117 cm³/mol. The number of thiazole rings is 1. The summed E-state index contributed by atoms with van der Waals surface area (Å²) in [5.74, 6) is 0.419. The Bertz CT molecular complexity index is 966. The molecule has 0 saturated heterocycles. The Morgan fingerprint density at radius 2 is 1.76 bits per heavy atom. The smallest absolute Gasteiger partial charge is 0.226 e. The molecule has 1 N–H and O–H groups in total. The molecule has 0 aliphatic carbocycles. The maximum Gasteiger partial charge on any atom is 0.226 e. The summed E-state index contributed by atoms with van der Waals surface area (Å²) < 4.78 is 5.09.